The molecule has 1 saturated carbocycles. The fraction of sp³-hybridized carbons (Fsp3) is 0.389. The van der Waals surface area contributed by atoms with Gasteiger partial charge in [0.25, 0.3) is 5.91 Å². The van der Waals surface area contributed by atoms with Crippen LogP contribution < -0.4 is 4.31 Å². The molecule has 1 aromatic carbocycles. The molecule has 1 aliphatic carbocycles. The largest absolute Gasteiger partial charge is 0.331 e. The number of nitrogens with zero attached hydrogens (tertiary/aromatic N) is 2. The fourth-order valence-corrected chi connectivity index (χ4v) is 5.47. The maximum Gasteiger partial charge on any atom is 0.254 e. The Kier molecular flexibility index (Phi) is 4.29. The van der Waals surface area contributed by atoms with Crippen LogP contribution in [0.15, 0.2) is 41.8 Å². The van der Waals surface area contributed by atoms with E-state index in [2.05, 4.69) is 0 Å². The summed E-state index contributed by atoms with van der Waals surface area (Å²) in [6.45, 7) is 1.11. The standard InChI is InChI=1S/C18H20N2O3S2/c21-18(19(15-7-8-15)13-17-6-2-10-24-17)14-4-1-5-16(12-14)20-9-3-11-25(20,22)23/h1-2,4-6,10,12,15H,3,7-9,11,13H2. The summed E-state index contributed by atoms with van der Waals surface area (Å²) >= 11 is 1.65. The minimum absolute atomic E-state index is 0.0191. The molecule has 1 aliphatic heterocycles. The molecule has 7 heteroatoms. The third kappa shape index (κ3) is 3.43. The van der Waals surface area contributed by atoms with Crippen molar-refractivity contribution < 1.29 is 13.2 Å². The van der Waals surface area contributed by atoms with E-state index in [4.69, 9.17) is 0 Å². The molecule has 2 aromatic rings. The molecule has 0 radical (unpaired) electrons. The van der Waals surface area contributed by atoms with Gasteiger partial charge in [0.15, 0.2) is 0 Å². The molecule has 2 fully saturated rings. The molecule has 25 heavy (non-hydrogen) atoms. The number of amides is 1. The Morgan fingerprint density at radius 3 is 2.72 bits per heavy atom. The molecular weight excluding hydrogens is 356 g/mol. The molecule has 0 spiro atoms. The maximum absolute atomic E-state index is 13.0. The lowest BCUT2D eigenvalue weighted by Crippen LogP contribution is -2.32. The minimum atomic E-state index is -3.24. The topological polar surface area (TPSA) is 57.7 Å². The van der Waals surface area contributed by atoms with Crippen molar-refractivity contribution in [3.05, 3.63) is 52.2 Å². The van der Waals surface area contributed by atoms with Crippen LogP contribution in [0.5, 0.6) is 0 Å². The Morgan fingerprint density at radius 2 is 2.08 bits per heavy atom. The number of carbonyl (C=O) groups is 1. The average molecular weight is 377 g/mol. The number of hydrogen-bond donors (Lipinski definition) is 0. The van der Waals surface area contributed by atoms with Crippen molar-refractivity contribution >= 4 is 33.0 Å². The Hall–Kier alpha value is -1.86. The van der Waals surface area contributed by atoms with Gasteiger partial charge < -0.3 is 4.90 Å². The van der Waals surface area contributed by atoms with E-state index in [9.17, 15) is 13.2 Å². The number of benzene rings is 1. The molecule has 2 aliphatic rings. The van der Waals surface area contributed by atoms with Gasteiger partial charge >= 0.3 is 0 Å². The smallest absolute Gasteiger partial charge is 0.254 e. The summed E-state index contributed by atoms with van der Waals surface area (Å²) in [6.07, 6.45) is 2.71. The highest BCUT2D eigenvalue weighted by Gasteiger charge is 2.34. The van der Waals surface area contributed by atoms with Gasteiger partial charge in [-0.2, -0.15) is 0 Å². The normalized spacial score (nSPS) is 19.1. The van der Waals surface area contributed by atoms with Crippen LogP contribution in [0.2, 0.25) is 0 Å². The van der Waals surface area contributed by atoms with E-state index in [0.717, 1.165) is 12.8 Å². The van der Waals surface area contributed by atoms with Crippen molar-refractivity contribution in [3.63, 3.8) is 0 Å². The molecule has 0 bridgehead atoms. The molecule has 1 saturated heterocycles. The third-order valence-electron chi connectivity index (χ3n) is 4.64. The molecule has 132 valence electrons. The van der Waals surface area contributed by atoms with E-state index < -0.39 is 10.0 Å². The van der Waals surface area contributed by atoms with Crippen molar-refractivity contribution in [2.45, 2.75) is 31.8 Å². The first-order valence-corrected chi connectivity index (χ1v) is 11.0. The van der Waals surface area contributed by atoms with Gasteiger partial charge in [-0.25, -0.2) is 8.42 Å². The van der Waals surface area contributed by atoms with E-state index in [1.165, 1.54) is 9.18 Å². The second-order valence-electron chi connectivity index (χ2n) is 6.54. The maximum atomic E-state index is 13.0. The molecule has 2 heterocycles. The Balaban J connectivity index is 1.60. The zero-order valence-corrected chi connectivity index (χ0v) is 15.4. The van der Waals surface area contributed by atoms with E-state index in [1.54, 1.807) is 35.6 Å². The Bertz CT molecular complexity index is 873. The van der Waals surface area contributed by atoms with Crippen LogP contribution in [0.4, 0.5) is 5.69 Å². The van der Waals surface area contributed by atoms with Crippen molar-refractivity contribution in [3.8, 4) is 0 Å². The summed E-state index contributed by atoms with van der Waals surface area (Å²) in [5.74, 6) is 0.159. The van der Waals surface area contributed by atoms with Crippen molar-refractivity contribution in [1.29, 1.82) is 0 Å². The first-order valence-electron chi connectivity index (χ1n) is 8.48. The van der Waals surface area contributed by atoms with Crippen LogP contribution in [0.1, 0.15) is 34.5 Å². The predicted octanol–water partition coefficient (Wildman–Crippen LogP) is 3.09. The molecule has 5 nitrogen and oxygen atoms in total. The average Bonchev–Trinajstić information content (AvgIpc) is 3.19. The van der Waals surface area contributed by atoms with E-state index in [0.29, 0.717) is 36.8 Å². The van der Waals surface area contributed by atoms with Gasteiger partial charge in [-0.15, -0.1) is 11.3 Å². The minimum Gasteiger partial charge on any atom is -0.331 e. The quantitative estimate of drug-likeness (QED) is 0.806. The fourth-order valence-electron chi connectivity index (χ4n) is 3.21. The molecule has 1 aromatic heterocycles. The predicted molar refractivity (Wildman–Crippen MR) is 99.4 cm³/mol. The van der Waals surface area contributed by atoms with Crippen LogP contribution >= 0.6 is 11.3 Å². The Morgan fingerprint density at radius 1 is 1.24 bits per heavy atom. The Labute approximate surface area is 151 Å². The molecule has 0 atom stereocenters. The van der Waals surface area contributed by atoms with Gasteiger partial charge in [0, 0.05) is 23.0 Å². The second kappa shape index (κ2) is 6.46. The van der Waals surface area contributed by atoms with Crippen LogP contribution in [-0.2, 0) is 16.6 Å². The summed E-state index contributed by atoms with van der Waals surface area (Å²) in [5.41, 5.74) is 1.15. The third-order valence-corrected chi connectivity index (χ3v) is 7.37. The number of anilines is 1. The number of thiophene rings is 1. The summed E-state index contributed by atoms with van der Waals surface area (Å²) in [6, 6.07) is 11.4. The second-order valence-corrected chi connectivity index (χ2v) is 9.58. The van der Waals surface area contributed by atoms with E-state index in [1.807, 2.05) is 22.4 Å². The van der Waals surface area contributed by atoms with Gasteiger partial charge in [0.05, 0.1) is 18.0 Å². The van der Waals surface area contributed by atoms with E-state index >= 15 is 0 Å². The lowest BCUT2D eigenvalue weighted by molar-refractivity contribution is 0.0731. The van der Waals surface area contributed by atoms with Crippen molar-refractivity contribution in [2.24, 2.45) is 0 Å². The van der Waals surface area contributed by atoms with Gasteiger partial charge in [0.1, 0.15) is 0 Å². The number of carbonyl (C=O) groups excluding carboxylic acids is 1. The number of sulfonamides is 1. The highest BCUT2D eigenvalue weighted by atomic mass is 32.2. The number of rotatable bonds is 5. The summed E-state index contributed by atoms with van der Waals surface area (Å²) in [7, 11) is -3.24. The van der Waals surface area contributed by atoms with Crippen LogP contribution in [0, 0.1) is 0 Å². The van der Waals surface area contributed by atoms with Crippen LogP contribution in [0.25, 0.3) is 0 Å². The molecule has 0 unspecified atom stereocenters. The van der Waals surface area contributed by atoms with Gasteiger partial charge in [-0.05, 0) is 48.9 Å². The van der Waals surface area contributed by atoms with Crippen LogP contribution in [0.3, 0.4) is 0 Å². The van der Waals surface area contributed by atoms with Crippen molar-refractivity contribution in [1.82, 2.24) is 4.90 Å². The van der Waals surface area contributed by atoms with E-state index in [-0.39, 0.29) is 11.7 Å². The van der Waals surface area contributed by atoms with Crippen molar-refractivity contribution in [2.75, 3.05) is 16.6 Å². The van der Waals surface area contributed by atoms with Gasteiger partial charge in [0.2, 0.25) is 10.0 Å². The van der Waals surface area contributed by atoms with Gasteiger partial charge in [-0.3, -0.25) is 9.10 Å². The first kappa shape index (κ1) is 16.6. The molecule has 1 amide bonds. The molecule has 0 N–H and O–H groups in total. The highest BCUT2D eigenvalue weighted by Crippen LogP contribution is 2.32. The van der Waals surface area contributed by atoms with Gasteiger partial charge in [-0.1, -0.05) is 12.1 Å². The zero-order valence-electron chi connectivity index (χ0n) is 13.8. The first-order chi connectivity index (χ1) is 12.0. The molecule has 4 rings (SSSR count). The molecular formula is C18H20N2O3S2. The summed E-state index contributed by atoms with van der Waals surface area (Å²) in [4.78, 5) is 16.1. The number of hydrogen-bond acceptors (Lipinski definition) is 4. The zero-order chi connectivity index (χ0) is 17.4. The summed E-state index contributed by atoms with van der Waals surface area (Å²) in [5, 5.41) is 2.02. The summed E-state index contributed by atoms with van der Waals surface area (Å²) < 4.78 is 25.7. The SMILES string of the molecule is O=C(c1cccc(N2CCCS2(=O)=O)c1)N(Cc1cccs1)C1CC1. The lowest BCUT2D eigenvalue weighted by Gasteiger charge is -2.23. The highest BCUT2D eigenvalue weighted by molar-refractivity contribution is 7.93. The van der Waals surface area contributed by atoms with Crippen LogP contribution in [-0.4, -0.2) is 37.6 Å². The monoisotopic (exact) mass is 376 g/mol. The lowest BCUT2D eigenvalue weighted by atomic mass is 10.1.